The van der Waals surface area contributed by atoms with Crippen molar-refractivity contribution in [3.05, 3.63) is 0 Å². The third-order valence-electron chi connectivity index (χ3n) is 10.5. The Morgan fingerprint density at radius 3 is 2.40 bits per heavy atom. The molecule has 4 fully saturated rings. The van der Waals surface area contributed by atoms with Crippen LogP contribution < -0.4 is 5.11 Å². The second-order valence-electron chi connectivity index (χ2n) is 11.8. The fourth-order valence-electron chi connectivity index (χ4n) is 9.08. The number of fused-ring (bicyclic) bond motifs is 5. The second-order valence-corrected chi connectivity index (χ2v) is 11.8. The van der Waals surface area contributed by atoms with Crippen LogP contribution in [0.5, 0.6) is 0 Å². The maximum absolute atomic E-state index is 11.5. The summed E-state index contributed by atoms with van der Waals surface area (Å²) in [5.41, 5.74) is 0.782. The van der Waals surface area contributed by atoms with Crippen LogP contribution in [0.3, 0.4) is 0 Å². The number of ether oxygens (including phenoxy) is 1. The fourth-order valence-corrected chi connectivity index (χ4v) is 9.08. The van der Waals surface area contributed by atoms with E-state index < -0.39 is 5.97 Å². The van der Waals surface area contributed by atoms with Crippen molar-refractivity contribution in [2.24, 2.45) is 46.3 Å². The van der Waals surface area contributed by atoms with E-state index in [4.69, 9.17) is 4.74 Å². The molecule has 30 heavy (non-hydrogen) atoms. The van der Waals surface area contributed by atoms with Gasteiger partial charge in [-0.25, -0.2) is 0 Å². The number of hydrogen-bond acceptors (Lipinski definition) is 4. The maximum atomic E-state index is 11.5. The third kappa shape index (κ3) is 3.71. The van der Waals surface area contributed by atoms with E-state index >= 15 is 0 Å². The van der Waals surface area contributed by atoms with Crippen molar-refractivity contribution in [3.8, 4) is 0 Å². The minimum atomic E-state index is -0.902. The van der Waals surface area contributed by atoms with Crippen LogP contribution in [0.4, 0.5) is 0 Å². The molecule has 0 amide bonds. The molecule has 9 atom stereocenters. The highest BCUT2D eigenvalue weighted by molar-refractivity contribution is 5.66. The minimum Gasteiger partial charge on any atom is -0.550 e. The first kappa shape index (κ1) is 22.1. The van der Waals surface area contributed by atoms with Crippen LogP contribution in [-0.4, -0.2) is 18.0 Å². The molecule has 170 valence electrons. The van der Waals surface area contributed by atoms with E-state index in [1.807, 2.05) is 0 Å². The predicted molar refractivity (Wildman–Crippen MR) is 114 cm³/mol. The van der Waals surface area contributed by atoms with Crippen molar-refractivity contribution in [1.29, 1.82) is 0 Å². The average Bonchev–Trinajstić information content (AvgIpc) is 3.03. The number of carbonyl (C=O) groups excluding carboxylic acids is 2. The average molecular weight is 418 g/mol. The lowest BCUT2D eigenvalue weighted by molar-refractivity contribution is -0.306. The van der Waals surface area contributed by atoms with Crippen LogP contribution in [0.2, 0.25) is 0 Å². The van der Waals surface area contributed by atoms with Crippen LogP contribution in [0, 0.1) is 46.3 Å². The van der Waals surface area contributed by atoms with Gasteiger partial charge in [-0.1, -0.05) is 20.8 Å². The van der Waals surface area contributed by atoms with Crippen molar-refractivity contribution in [1.82, 2.24) is 0 Å². The monoisotopic (exact) mass is 417 g/mol. The van der Waals surface area contributed by atoms with Crippen LogP contribution in [0.15, 0.2) is 0 Å². The Bertz CT molecular complexity index is 674. The van der Waals surface area contributed by atoms with Crippen LogP contribution >= 0.6 is 0 Å². The Hall–Kier alpha value is -1.06. The first-order valence-electron chi connectivity index (χ1n) is 12.5. The molecule has 4 nitrogen and oxygen atoms in total. The number of carboxylic acids is 1. The highest BCUT2D eigenvalue weighted by Crippen LogP contribution is 2.68. The number of carbonyl (C=O) groups is 2. The van der Waals surface area contributed by atoms with E-state index in [1.165, 1.54) is 51.9 Å². The molecule has 0 radical (unpaired) electrons. The minimum absolute atomic E-state index is 0.129. The SMILES string of the molecule is CC(=O)O[C@@H]1CC[C@]2(C)C3CC[C@@]4(C)C(CC[C@@H]4C(C)CCC(=O)[O-])C3CC[C@@H]2C1. The number of rotatable bonds is 5. The van der Waals surface area contributed by atoms with Gasteiger partial charge in [-0.05, 0) is 117 Å². The van der Waals surface area contributed by atoms with E-state index in [2.05, 4.69) is 20.8 Å². The van der Waals surface area contributed by atoms with Gasteiger partial charge in [0.2, 0.25) is 0 Å². The summed E-state index contributed by atoms with van der Waals surface area (Å²) >= 11 is 0. The molecule has 4 aliphatic carbocycles. The third-order valence-corrected chi connectivity index (χ3v) is 10.5. The highest BCUT2D eigenvalue weighted by atomic mass is 16.5. The van der Waals surface area contributed by atoms with Crippen molar-refractivity contribution < 1.29 is 19.4 Å². The molecule has 4 rings (SSSR count). The Morgan fingerprint density at radius 2 is 1.70 bits per heavy atom. The summed E-state index contributed by atoms with van der Waals surface area (Å²) < 4.78 is 5.60. The first-order valence-corrected chi connectivity index (χ1v) is 12.5. The molecule has 4 saturated carbocycles. The molecule has 0 bridgehead atoms. The van der Waals surface area contributed by atoms with Crippen molar-refractivity contribution in [3.63, 3.8) is 0 Å². The lowest BCUT2D eigenvalue weighted by Gasteiger charge is -2.61. The number of carboxylic acid groups (broad SMARTS) is 1. The largest absolute Gasteiger partial charge is 0.550 e. The highest BCUT2D eigenvalue weighted by Gasteiger charge is 2.60. The molecule has 0 aromatic heterocycles. The van der Waals surface area contributed by atoms with E-state index in [-0.39, 0.29) is 18.5 Å². The molecule has 4 aliphatic rings. The van der Waals surface area contributed by atoms with Gasteiger partial charge in [0, 0.05) is 12.9 Å². The van der Waals surface area contributed by atoms with Gasteiger partial charge in [0.05, 0.1) is 0 Å². The molecule has 0 saturated heterocycles. The lowest BCUT2D eigenvalue weighted by Crippen LogP contribution is -2.54. The van der Waals surface area contributed by atoms with E-state index in [0.29, 0.717) is 28.6 Å². The molecular formula is C26H41O4-. The Labute approximate surface area is 182 Å². The normalized spacial score (nSPS) is 46.3. The maximum Gasteiger partial charge on any atom is 0.302 e. The molecule has 0 N–H and O–H groups in total. The summed E-state index contributed by atoms with van der Waals surface area (Å²) in [6, 6.07) is 0. The topological polar surface area (TPSA) is 66.4 Å². The molecule has 0 spiro atoms. The summed E-state index contributed by atoms with van der Waals surface area (Å²) in [7, 11) is 0. The van der Waals surface area contributed by atoms with Gasteiger partial charge in [0.25, 0.3) is 0 Å². The number of hydrogen-bond donors (Lipinski definition) is 0. The second kappa shape index (κ2) is 8.13. The molecule has 0 aromatic carbocycles. The predicted octanol–water partition coefficient (Wildman–Crippen LogP) is 4.74. The van der Waals surface area contributed by atoms with Gasteiger partial charge < -0.3 is 14.6 Å². The van der Waals surface area contributed by atoms with Gasteiger partial charge in [-0.2, -0.15) is 0 Å². The zero-order valence-corrected chi connectivity index (χ0v) is 19.5. The van der Waals surface area contributed by atoms with Crippen molar-refractivity contribution in [2.75, 3.05) is 0 Å². The molecular weight excluding hydrogens is 376 g/mol. The van der Waals surface area contributed by atoms with Crippen LogP contribution in [-0.2, 0) is 14.3 Å². The standard InChI is InChI=1S/C26H42O4/c1-16(5-10-24(28)29)21-8-9-22-20-7-6-18-15-19(30-17(2)27)11-13-25(18,3)23(20)12-14-26(21,22)4/h16,18-23H,5-15H2,1-4H3,(H,28,29)/p-1/t16?,18-,19-,20?,21-,22?,23?,25+,26-/m1/s1. The van der Waals surface area contributed by atoms with Crippen molar-refractivity contribution in [2.45, 2.75) is 104 Å². The molecule has 4 heteroatoms. The summed E-state index contributed by atoms with van der Waals surface area (Å²) in [6.45, 7) is 8.90. The van der Waals surface area contributed by atoms with Gasteiger partial charge in [0.1, 0.15) is 6.10 Å². The Balaban J connectivity index is 1.47. The van der Waals surface area contributed by atoms with Gasteiger partial charge in [-0.15, -0.1) is 0 Å². The Kier molecular flexibility index (Phi) is 6.00. The molecule has 0 heterocycles. The van der Waals surface area contributed by atoms with E-state index in [0.717, 1.165) is 37.0 Å². The molecule has 0 aromatic rings. The van der Waals surface area contributed by atoms with Gasteiger partial charge in [-0.3, -0.25) is 4.79 Å². The Morgan fingerprint density at radius 1 is 1.00 bits per heavy atom. The lowest BCUT2D eigenvalue weighted by atomic mass is 9.44. The summed E-state index contributed by atoms with van der Waals surface area (Å²) in [5.74, 6) is 3.24. The summed E-state index contributed by atoms with van der Waals surface area (Å²) in [6.07, 6.45) is 12.2. The first-order chi connectivity index (χ1) is 14.1. The zero-order chi connectivity index (χ0) is 21.7. The van der Waals surface area contributed by atoms with Gasteiger partial charge >= 0.3 is 5.97 Å². The molecule has 0 aliphatic heterocycles. The zero-order valence-electron chi connectivity index (χ0n) is 19.5. The van der Waals surface area contributed by atoms with E-state index in [1.54, 1.807) is 0 Å². The van der Waals surface area contributed by atoms with E-state index in [9.17, 15) is 14.7 Å². The summed E-state index contributed by atoms with van der Waals surface area (Å²) in [4.78, 5) is 22.4. The number of esters is 1. The van der Waals surface area contributed by atoms with Crippen LogP contribution in [0.1, 0.15) is 98.3 Å². The smallest absolute Gasteiger partial charge is 0.302 e. The van der Waals surface area contributed by atoms with Crippen LogP contribution in [0.25, 0.3) is 0 Å². The van der Waals surface area contributed by atoms with Crippen molar-refractivity contribution >= 4 is 11.9 Å². The van der Waals surface area contributed by atoms with Gasteiger partial charge in [0.15, 0.2) is 0 Å². The summed E-state index contributed by atoms with van der Waals surface area (Å²) in [5, 5.41) is 11.0. The molecule has 4 unspecified atom stereocenters. The number of aliphatic carboxylic acids is 1. The quantitative estimate of drug-likeness (QED) is 0.606. The fraction of sp³-hybridized carbons (Fsp3) is 0.923.